The molecule has 1 saturated carbocycles. The Labute approximate surface area is 104 Å². The van der Waals surface area contributed by atoms with Crippen LogP contribution in [-0.4, -0.2) is 37.7 Å². The van der Waals surface area contributed by atoms with Gasteiger partial charge in [-0.25, -0.2) is 4.98 Å². The molecule has 1 fully saturated rings. The Balaban J connectivity index is 1.90. The van der Waals surface area contributed by atoms with Gasteiger partial charge in [0.2, 0.25) is 11.9 Å². The fourth-order valence-electron chi connectivity index (χ4n) is 1.64. The van der Waals surface area contributed by atoms with E-state index in [0.717, 1.165) is 12.8 Å². The van der Waals surface area contributed by atoms with Gasteiger partial charge in [0.25, 0.3) is 0 Å². The van der Waals surface area contributed by atoms with Crippen molar-refractivity contribution in [1.82, 2.24) is 24.5 Å². The van der Waals surface area contributed by atoms with Crippen molar-refractivity contribution < 1.29 is 4.74 Å². The zero-order chi connectivity index (χ0) is 12.4. The number of hydrogen-bond donors (Lipinski definition) is 1. The molecule has 1 aliphatic rings. The van der Waals surface area contributed by atoms with Crippen molar-refractivity contribution in [1.29, 1.82) is 0 Å². The van der Waals surface area contributed by atoms with Crippen LogP contribution in [0.15, 0.2) is 18.7 Å². The monoisotopic (exact) mass is 246 g/mol. The minimum absolute atomic E-state index is 0.243. The molecule has 0 spiro atoms. The van der Waals surface area contributed by atoms with Gasteiger partial charge in [-0.15, -0.1) is 0 Å². The summed E-state index contributed by atoms with van der Waals surface area (Å²) in [6.07, 6.45) is 8.69. The fourth-order valence-corrected chi connectivity index (χ4v) is 1.64. The predicted octanol–water partition coefficient (Wildman–Crippen LogP) is 1.03. The summed E-state index contributed by atoms with van der Waals surface area (Å²) in [7, 11) is 1.76. The van der Waals surface area contributed by atoms with E-state index >= 15 is 0 Å². The van der Waals surface area contributed by atoms with Gasteiger partial charge in [0, 0.05) is 19.4 Å². The second kappa shape index (κ2) is 4.59. The average Bonchev–Trinajstić information content (AvgIpc) is 2.87. The SMILES string of the molecule is CNc1nc(OC2CCC2)nc(-n2ccnc2)n1. The lowest BCUT2D eigenvalue weighted by Crippen LogP contribution is -2.26. The Morgan fingerprint density at radius 2 is 2.22 bits per heavy atom. The molecule has 1 N–H and O–H groups in total. The van der Waals surface area contributed by atoms with E-state index in [9.17, 15) is 0 Å². The number of nitrogens with one attached hydrogen (secondary N) is 1. The summed E-state index contributed by atoms with van der Waals surface area (Å²) < 4.78 is 7.41. The molecule has 0 amide bonds. The van der Waals surface area contributed by atoms with Gasteiger partial charge in [-0.05, 0) is 19.3 Å². The molecule has 0 bridgehead atoms. The van der Waals surface area contributed by atoms with Crippen LogP contribution in [0.5, 0.6) is 6.01 Å². The quantitative estimate of drug-likeness (QED) is 0.868. The predicted molar refractivity (Wildman–Crippen MR) is 64.8 cm³/mol. The molecule has 0 aromatic carbocycles. The molecular weight excluding hydrogens is 232 g/mol. The summed E-state index contributed by atoms with van der Waals surface area (Å²) in [6, 6.07) is 0.364. The summed E-state index contributed by atoms with van der Waals surface area (Å²) in [5, 5.41) is 2.90. The van der Waals surface area contributed by atoms with Gasteiger partial charge in [0.1, 0.15) is 12.4 Å². The van der Waals surface area contributed by atoms with Crippen LogP contribution in [0.1, 0.15) is 19.3 Å². The number of hydrogen-bond acceptors (Lipinski definition) is 6. The Morgan fingerprint density at radius 3 is 2.83 bits per heavy atom. The van der Waals surface area contributed by atoms with Crippen LogP contribution < -0.4 is 10.1 Å². The molecular formula is C11H14N6O. The van der Waals surface area contributed by atoms with Crippen molar-refractivity contribution >= 4 is 5.95 Å². The third kappa shape index (κ3) is 2.11. The molecule has 0 radical (unpaired) electrons. The van der Waals surface area contributed by atoms with Crippen LogP contribution >= 0.6 is 0 Å². The first-order valence-corrected chi connectivity index (χ1v) is 5.94. The maximum absolute atomic E-state index is 5.70. The van der Waals surface area contributed by atoms with E-state index in [1.165, 1.54) is 6.42 Å². The second-order valence-electron chi connectivity index (χ2n) is 4.13. The first kappa shape index (κ1) is 10.9. The van der Waals surface area contributed by atoms with Crippen molar-refractivity contribution in [3.8, 4) is 12.0 Å². The Hall–Kier alpha value is -2.18. The molecule has 2 aromatic heterocycles. The Morgan fingerprint density at radius 1 is 1.33 bits per heavy atom. The highest BCUT2D eigenvalue weighted by atomic mass is 16.5. The van der Waals surface area contributed by atoms with Crippen LogP contribution in [0.25, 0.3) is 5.95 Å². The van der Waals surface area contributed by atoms with E-state index in [4.69, 9.17) is 4.74 Å². The summed E-state index contributed by atoms with van der Waals surface area (Å²) >= 11 is 0. The average molecular weight is 246 g/mol. The van der Waals surface area contributed by atoms with Crippen LogP contribution in [0.3, 0.4) is 0 Å². The zero-order valence-corrected chi connectivity index (χ0v) is 10.1. The zero-order valence-electron chi connectivity index (χ0n) is 10.1. The molecule has 7 nitrogen and oxygen atoms in total. The molecule has 3 rings (SSSR count). The van der Waals surface area contributed by atoms with Crippen LogP contribution in [0, 0.1) is 0 Å². The summed E-state index contributed by atoms with van der Waals surface area (Å²) in [5.74, 6) is 0.990. The summed E-state index contributed by atoms with van der Waals surface area (Å²) in [6.45, 7) is 0. The van der Waals surface area contributed by atoms with Crippen molar-refractivity contribution in [2.45, 2.75) is 25.4 Å². The number of nitrogens with zero attached hydrogens (tertiary/aromatic N) is 5. The van der Waals surface area contributed by atoms with E-state index in [2.05, 4.69) is 25.3 Å². The minimum Gasteiger partial charge on any atom is -0.460 e. The molecule has 0 atom stereocenters. The highest BCUT2D eigenvalue weighted by molar-refractivity contribution is 5.29. The number of ether oxygens (including phenoxy) is 1. The third-order valence-electron chi connectivity index (χ3n) is 2.89. The summed E-state index contributed by atoms with van der Waals surface area (Å²) in [4.78, 5) is 16.7. The molecule has 2 aromatic rings. The highest BCUT2D eigenvalue weighted by Gasteiger charge is 2.21. The number of rotatable bonds is 4. The maximum Gasteiger partial charge on any atom is 0.323 e. The summed E-state index contributed by atoms with van der Waals surface area (Å²) in [5.41, 5.74) is 0. The topological polar surface area (TPSA) is 77.8 Å². The van der Waals surface area contributed by atoms with Crippen LogP contribution in [0.2, 0.25) is 0 Å². The van der Waals surface area contributed by atoms with Crippen molar-refractivity contribution in [3.63, 3.8) is 0 Å². The van der Waals surface area contributed by atoms with E-state index in [1.54, 1.807) is 30.3 Å². The Bertz CT molecular complexity index is 522. The number of anilines is 1. The van der Waals surface area contributed by atoms with E-state index in [0.29, 0.717) is 17.9 Å². The van der Waals surface area contributed by atoms with Gasteiger partial charge >= 0.3 is 6.01 Å². The standard InChI is InChI=1S/C11H14N6O/c1-12-9-14-10(17-6-5-13-7-17)16-11(15-9)18-8-3-2-4-8/h5-8H,2-4H2,1H3,(H,12,14,15,16). The smallest absolute Gasteiger partial charge is 0.323 e. The lowest BCUT2D eigenvalue weighted by molar-refractivity contribution is 0.108. The molecule has 0 saturated heterocycles. The first-order chi connectivity index (χ1) is 8.85. The highest BCUT2D eigenvalue weighted by Crippen LogP contribution is 2.23. The lowest BCUT2D eigenvalue weighted by Gasteiger charge is -2.25. The molecule has 2 heterocycles. The van der Waals surface area contributed by atoms with Crippen molar-refractivity contribution in [2.75, 3.05) is 12.4 Å². The molecule has 7 heteroatoms. The number of imidazole rings is 1. The van der Waals surface area contributed by atoms with Gasteiger partial charge in [0.15, 0.2) is 0 Å². The van der Waals surface area contributed by atoms with Crippen molar-refractivity contribution in [3.05, 3.63) is 18.7 Å². The largest absolute Gasteiger partial charge is 0.460 e. The Kier molecular flexibility index (Phi) is 2.79. The van der Waals surface area contributed by atoms with Gasteiger partial charge in [-0.2, -0.15) is 15.0 Å². The van der Waals surface area contributed by atoms with Crippen LogP contribution in [0.4, 0.5) is 5.95 Å². The van der Waals surface area contributed by atoms with Crippen molar-refractivity contribution in [2.24, 2.45) is 0 Å². The molecule has 0 unspecified atom stereocenters. The second-order valence-corrected chi connectivity index (χ2v) is 4.13. The molecule has 18 heavy (non-hydrogen) atoms. The molecule has 1 aliphatic carbocycles. The van der Waals surface area contributed by atoms with Gasteiger partial charge in [-0.3, -0.25) is 4.57 Å². The minimum atomic E-state index is 0.243. The number of aromatic nitrogens is 5. The molecule has 0 aliphatic heterocycles. The maximum atomic E-state index is 5.70. The van der Waals surface area contributed by atoms with Crippen LogP contribution in [-0.2, 0) is 0 Å². The van der Waals surface area contributed by atoms with E-state index in [-0.39, 0.29) is 6.10 Å². The fraction of sp³-hybridized carbons (Fsp3) is 0.455. The normalized spacial score (nSPS) is 15.2. The van der Waals surface area contributed by atoms with Gasteiger partial charge in [0.05, 0.1) is 0 Å². The molecule has 94 valence electrons. The van der Waals surface area contributed by atoms with E-state index < -0.39 is 0 Å². The third-order valence-corrected chi connectivity index (χ3v) is 2.89. The first-order valence-electron chi connectivity index (χ1n) is 5.94. The van der Waals surface area contributed by atoms with E-state index in [1.807, 2.05) is 0 Å². The van der Waals surface area contributed by atoms with Gasteiger partial charge < -0.3 is 10.1 Å². The lowest BCUT2D eigenvalue weighted by atomic mass is 9.96. The van der Waals surface area contributed by atoms with Gasteiger partial charge in [-0.1, -0.05) is 0 Å².